The maximum Gasteiger partial charge on any atom is 0.235 e. The van der Waals surface area contributed by atoms with Crippen molar-refractivity contribution in [3.8, 4) is 0 Å². The third-order valence-corrected chi connectivity index (χ3v) is 4.09. The summed E-state index contributed by atoms with van der Waals surface area (Å²) in [4.78, 5) is 25.5. The minimum absolute atomic E-state index is 0.210. The van der Waals surface area contributed by atoms with Gasteiger partial charge in [-0.1, -0.05) is 20.3 Å². The molecule has 3 atom stereocenters. The first-order valence-corrected chi connectivity index (χ1v) is 6.59. The van der Waals surface area contributed by atoms with Gasteiger partial charge in [-0.15, -0.1) is 0 Å². The predicted molar refractivity (Wildman–Crippen MR) is 65.3 cm³/mol. The van der Waals surface area contributed by atoms with Gasteiger partial charge in [-0.3, -0.25) is 14.5 Å². The van der Waals surface area contributed by atoms with Crippen molar-refractivity contribution < 1.29 is 9.59 Å². The van der Waals surface area contributed by atoms with Crippen molar-refractivity contribution in [3.63, 3.8) is 0 Å². The normalized spacial score (nSPS) is 31.6. The molecule has 0 aromatic heterocycles. The van der Waals surface area contributed by atoms with E-state index in [1.165, 1.54) is 6.42 Å². The summed E-state index contributed by atoms with van der Waals surface area (Å²) in [5.74, 6) is 0.318. The molecule has 96 valence electrons. The molecule has 4 heteroatoms. The standard InChI is InChI=1S/C13H22N2O2/c1-8(2)12(13(14)17)15-9-4-3-5-10(15)7-11(16)6-9/h8-10,12H,3-7H2,1-2H3,(H2,14,17). The van der Waals surface area contributed by atoms with Crippen LogP contribution in [0.15, 0.2) is 0 Å². The molecule has 1 amide bonds. The van der Waals surface area contributed by atoms with Crippen LogP contribution in [0.2, 0.25) is 0 Å². The largest absolute Gasteiger partial charge is 0.368 e. The fourth-order valence-corrected chi connectivity index (χ4v) is 3.48. The molecule has 0 aromatic rings. The van der Waals surface area contributed by atoms with Gasteiger partial charge in [0.1, 0.15) is 5.78 Å². The Hall–Kier alpha value is -0.900. The maximum atomic E-state index is 11.6. The number of nitrogens with two attached hydrogens (primary N) is 1. The second kappa shape index (κ2) is 4.77. The van der Waals surface area contributed by atoms with E-state index in [-0.39, 0.29) is 30.0 Å². The summed E-state index contributed by atoms with van der Waals surface area (Å²) in [7, 11) is 0. The average Bonchev–Trinajstić information content (AvgIpc) is 2.17. The lowest BCUT2D eigenvalue weighted by Crippen LogP contribution is -2.61. The Balaban J connectivity index is 2.23. The number of piperidine rings is 2. The Labute approximate surface area is 103 Å². The summed E-state index contributed by atoms with van der Waals surface area (Å²) >= 11 is 0. The van der Waals surface area contributed by atoms with Gasteiger partial charge in [-0.2, -0.15) is 0 Å². The lowest BCUT2D eigenvalue weighted by atomic mass is 9.81. The van der Waals surface area contributed by atoms with E-state index in [0.717, 1.165) is 12.8 Å². The summed E-state index contributed by atoms with van der Waals surface area (Å²) in [5, 5.41) is 0. The van der Waals surface area contributed by atoms with Crippen LogP contribution in [0, 0.1) is 5.92 Å². The van der Waals surface area contributed by atoms with E-state index in [4.69, 9.17) is 5.73 Å². The van der Waals surface area contributed by atoms with Gasteiger partial charge in [0.05, 0.1) is 6.04 Å². The minimum atomic E-state index is -0.244. The Kier molecular flexibility index (Phi) is 3.52. The second-order valence-electron chi connectivity index (χ2n) is 5.72. The number of hydrogen-bond acceptors (Lipinski definition) is 3. The molecule has 2 fully saturated rings. The zero-order valence-corrected chi connectivity index (χ0v) is 10.7. The van der Waals surface area contributed by atoms with Gasteiger partial charge in [0.15, 0.2) is 0 Å². The molecule has 0 saturated carbocycles. The van der Waals surface area contributed by atoms with Crippen molar-refractivity contribution in [1.82, 2.24) is 4.90 Å². The SMILES string of the molecule is CC(C)C(C(N)=O)N1C2CCCC1CC(=O)C2. The van der Waals surface area contributed by atoms with E-state index < -0.39 is 0 Å². The van der Waals surface area contributed by atoms with E-state index in [1.807, 2.05) is 13.8 Å². The van der Waals surface area contributed by atoms with Gasteiger partial charge in [0.2, 0.25) is 5.91 Å². The van der Waals surface area contributed by atoms with Crippen LogP contribution in [0.3, 0.4) is 0 Å². The number of ketones is 1. The minimum Gasteiger partial charge on any atom is -0.368 e. The van der Waals surface area contributed by atoms with Gasteiger partial charge in [-0.25, -0.2) is 0 Å². The summed E-state index contributed by atoms with van der Waals surface area (Å²) in [6.45, 7) is 4.06. The monoisotopic (exact) mass is 238 g/mol. The molecule has 2 N–H and O–H groups in total. The first-order valence-electron chi connectivity index (χ1n) is 6.59. The van der Waals surface area contributed by atoms with Gasteiger partial charge >= 0.3 is 0 Å². The van der Waals surface area contributed by atoms with Crippen LogP contribution in [0.5, 0.6) is 0 Å². The van der Waals surface area contributed by atoms with E-state index >= 15 is 0 Å². The number of primary amides is 1. The molecule has 2 heterocycles. The number of amides is 1. The first-order chi connectivity index (χ1) is 8.00. The molecule has 2 bridgehead atoms. The second-order valence-corrected chi connectivity index (χ2v) is 5.72. The highest BCUT2D eigenvalue weighted by molar-refractivity contribution is 5.83. The molecule has 2 saturated heterocycles. The van der Waals surface area contributed by atoms with Crippen molar-refractivity contribution in [2.24, 2.45) is 11.7 Å². The highest BCUT2D eigenvalue weighted by Crippen LogP contribution is 2.35. The van der Waals surface area contributed by atoms with Crippen LogP contribution >= 0.6 is 0 Å². The summed E-state index contributed by atoms with van der Waals surface area (Å²) in [6, 6.07) is 0.281. The summed E-state index contributed by atoms with van der Waals surface area (Å²) in [5.41, 5.74) is 5.54. The Morgan fingerprint density at radius 1 is 1.29 bits per heavy atom. The third-order valence-electron chi connectivity index (χ3n) is 4.09. The molecule has 4 nitrogen and oxygen atoms in total. The van der Waals surface area contributed by atoms with Gasteiger partial charge in [0, 0.05) is 24.9 Å². The van der Waals surface area contributed by atoms with Crippen LogP contribution < -0.4 is 5.73 Å². The number of rotatable bonds is 3. The lowest BCUT2D eigenvalue weighted by Gasteiger charge is -2.49. The third kappa shape index (κ3) is 2.37. The average molecular weight is 238 g/mol. The van der Waals surface area contributed by atoms with Crippen molar-refractivity contribution in [2.75, 3.05) is 0 Å². The van der Waals surface area contributed by atoms with Crippen LogP contribution in [-0.4, -0.2) is 34.7 Å². The van der Waals surface area contributed by atoms with E-state index in [1.54, 1.807) is 0 Å². The number of Topliss-reactive ketones (excluding diaryl/α,β-unsaturated/α-hetero) is 1. The quantitative estimate of drug-likeness (QED) is 0.800. The van der Waals surface area contributed by atoms with Crippen LogP contribution in [0.1, 0.15) is 46.0 Å². The molecule has 2 rings (SSSR count). The smallest absolute Gasteiger partial charge is 0.235 e. The first kappa shape index (κ1) is 12.6. The number of carbonyl (C=O) groups is 2. The van der Waals surface area contributed by atoms with Crippen molar-refractivity contribution in [3.05, 3.63) is 0 Å². The Bertz CT molecular complexity index is 311. The number of nitrogens with zero attached hydrogens (tertiary/aromatic N) is 1. The molecule has 2 aliphatic rings. The van der Waals surface area contributed by atoms with E-state index in [9.17, 15) is 9.59 Å². The van der Waals surface area contributed by atoms with E-state index in [2.05, 4.69) is 4.90 Å². The number of fused-ring (bicyclic) bond motifs is 2. The molecular weight excluding hydrogens is 216 g/mol. The van der Waals surface area contributed by atoms with Crippen molar-refractivity contribution in [1.29, 1.82) is 0 Å². The summed E-state index contributed by atoms with van der Waals surface area (Å²) < 4.78 is 0. The fourth-order valence-electron chi connectivity index (χ4n) is 3.48. The fraction of sp³-hybridized carbons (Fsp3) is 0.846. The van der Waals surface area contributed by atoms with Crippen molar-refractivity contribution >= 4 is 11.7 Å². The Morgan fingerprint density at radius 3 is 2.24 bits per heavy atom. The number of hydrogen-bond donors (Lipinski definition) is 1. The summed E-state index contributed by atoms with van der Waals surface area (Å²) in [6.07, 6.45) is 4.43. The zero-order valence-electron chi connectivity index (χ0n) is 10.7. The highest BCUT2D eigenvalue weighted by Gasteiger charge is 2.43. The Morgan fingerprint density at radius 2 is 1.82 bits per heavy atom. The van der Waals surface area contributed by atoms with Gasteiger partial charge in [-0.05, 0) is 18.8 Å². The van der Waals surface area contributed by atoms with Crippen LogP contribution in [-0.2, 0) is 9.59 Å². The van der Waals surface area contributed by atoms with Gasteiger partial charge < -0.3 is 5.73 Å². The number of carbonyl (C=O) groups excluding carboxylic acids is 2. The molecule has 0 aromatic carbocycles. The highest BCUT2D eigenvalue weighted by atomic mass is 16.1. The zero-order chi connectivity index (χ0) is 12.6. The molecule has 17 heavy (non-hydrogen) atoms. The van der Waals surface area contributed by atoms with E-state index in [0.29, 0.717) is 18.6 Å². The van der Waals surface area contributed by atoms with Crippen LogP contribution in [0.25, 0.3) is 0 Å². The maximum absolute atomic E-state index is 11.6. The van der Waals surface area contributed by atoms with Crippen molar-refractivity contribution in [2.45, 2.75) is 64.1 Å². The molecule has 0 radical (unpaired) electrons. The topological polar surface area (TPSA) is 63.4 Å². The van der Waals surface area contributed by atoms with Gasteiger partial charge in [0.25, 0.3) is 0 Å². The molecule has 0 spiro atoms. The molecule has 2 aliphatic heterocycles. The molecular formula is C13H22N2O2. The predicted octanol–water partition coefficient (Wildman–Crippen LogP) is 1.08. The lowest BCUT2D eigenvalue weighted by molar-refractivity contribution is -0.138. The molecule has 3 unspecified atom stereocenters. The molecule has 0 aliphatic carbocycles. The van der Waals surface area contributed by atoms with Crippen LogP contribution in [0.4, 0.5) is 0 Å².